The van der Waals surface area contributed by atoms with Crippen LogP contribution in [0.3, 0.4) is 0 Å². The van der Waals surface area contributed by atoms with E-state index in [2.05, 4.69) is 67.4 Å². The highest BCUT2D eigenvalue weighted by molar-refractivity contribution is 6.04. The van der Waals surface area contributed by atoms with Crippen LogP contribution in [0, 0.1) is 13.8 Å². The Morgan fingerprint density at radius 1 is 0.629 bits per heavy atom. The summed E-state index contributed by atoms with van der Waals surface area (Å²) < 4.78 is 0. The maximum atomic E-state index is 5.02. The standard InChI is InChI=1S/C32H37N3/c1-21-13-17-23(18-14-21)27-28-30(25-11-7-4-8-12-25)34-35-31(26-19-15-22(2)16-20-26)32(28)33-29(27)24-9-5-3-6-10-24/h13-20,24-25,33H,3-12H2,1-2H3. The van der Waals surface area contributed by atoms with Gasteiger partial charge in [-0.3, -0.25) is 0 Å². The minimum atomic E-state index is 0.505. The lowest BCUT2D eigenvalue weighted by molar-refractivity contribution is 0.436. The summed E-state index contributed by atoms with van der Waals surface area (Å²) in [6.45, 7) is 4.32. The van der Waals surface area contributed by atoms with E-state index in [9.17, 15) is 0 Å². The third kappa shape index (κ3) is 4.30. The number of nitrogens with zero attached hydrogens (tertiary/aromatic N) is 2. The van der Waals surface area contributed by atoms with E-state index < -0.39 is 0 Å². The zero-order chi connectivity index (χ0) is 23.8. The molecule has 2 aliphatic carbocycles. The summed E-state index contributed by atoms with van der Waals surface area (Å²) in [6, 6.07) is 17.9. The molecule has 0 spiro atoms. The van der Waals surface area contributed by atoms with Gasteiger partial charge in [-0.15, -0.1) is 5.10 Å². The van der Waals surface area contributed by atoms with Crippen molar-refractivity contribution in [1.82, 2.24) is 15.2 Å². The van der Waals surface area contributed by atoms with Crippen molar-refractivity contribution in [3.05, 3.63) is 71.0 Å². The Morgan fingerprint density at radius 2 is 1.17 bits per heavy atom. The van der Waals surface area contributed by atoms with Crippen LogP contribution in [0.2, 0.25) is 0 Å². The van der Waals surface area contributed by atoms with Crippen molar-refractivity contribution in [2.24, 2.45) is 0 Å². The summed E-state index contributed by atoms with van der Waals surface area (Å²) in [4.78, 5) is 4.01. The first-order valence-electron chi connectivity index (χ1n) is 13.8. The Hall–Kier alpha value is -2.94. The third-order valence-corrected chi connectivity index (χ3v) is 8.45. The van der Waals surface area contributed by atoms with Crippen molar-refractivity contribution in [1.29, 1.82) is 0 Å². The van der Waals surface area contributed by atoms with Crippen LogP contribution >= 0.6 is 0 Å². The van der Waals surface area contributed by atoms with Gasteiger partial charge in [0, 0.05) is 28.1 Å². The molecule has 2 aromatic carbocycles. The molecule has 0 atom stereocenters. The van der Waals surface area contributed by atoms with Crippen molar-refractivity contribution < 1.29 is 0 Å². The van der Waals surface area contributed by atoms with Crippen LogP contribution in [0.1, 0.15) is 98.6 Å². The first kappa shape index (κ1) is 22.5. The smallest absolute Gasteiger partial charge is 0.117 e. The van der Waals surface area contributed by atoms with Crippen molar-refractivity contribution >= 4 is 10.9 Å². The first-order chi connectivity index (χ1) is 17.2. The van der Waals surface area contributed by atoms with E-state index in [-0.39, 0.29) is 0 Å². The Morgan fingerprint density at radius 3 is 1.77 bits per heavy atom. The number of H-pyrrole nitrogens is 1. The van der Waals surface area contributed by atoms with Crippen molar-refractivity contribution in [2.45, 2.75) is 89.9 Å². The highest BCUT2D eigenvalue weighted by atomic mass is 15.1. The maximum absolute atomic E-state index is 5.02. The lowest BCUT2D eigenvalue weighted by Crippen LogP contribution is -2.09. The Balaban J connectivity index is 1.64. The number of aryl methyl sites for hydroxylation is 2. The van der Waals surface area contributed by atoms with E-state index in [1.165, 1.54) is 109 Å². The van der Waals surface area contributed by atoms with Crippen LogP contribution in [0.5, 0.6) is 0 Å². The van der Waals surface area contributed by atoms with Crippen LogP contribution in [0.4, 0.5) is 0 Å². The predicted octanol–water partition coefficient (Wildman–Crippen LogP) is 9.00. The van der Waals surface area contributed by atoms with E-state index in [1.54, 1.807) is 0 Å². The highest BCUT2D eigenvalue weighted by Gasteiger charge is 2.29. The van der Waals surface area contributed by atoms with E-state index in [4.69, 9.17) is 10.2 Å². The number of aromatic amines is 1. The molecule has 0 saturated heterocycles. The molecule has 4 aromatic rings. The van der Waals surface area contributed by atoms with Gasteiger partial charge in [-0.1, -0.05) is 98.2 Å². The summed E-state index contributed by atoms with van der Waals surface area (Å²) >= 11 is 0. The SMILES string of the molecule is Cc1ccc(-c2nnc(C3CCCCC3)c3c(-c4ccc(C)cc4)c(C4CCCCC4)[nH]c23)cc1. The summed E-state index contributed by atoms with van der Waals surface area (Å²) in [5.74, 6) is 1.09. The van der Waals surface area contributed by atoms with Gasteiger partial charge in [0.05, 0.1) is 11.2 Å². The molecule has 35 heavy (non-hydrogen) atoms. The van der Waals surface area contributed by atoms with Crippen LogP contribution in [-0.2, 0) is 0 Å². The van der Waals surface area contributed by atoms with E-state index >= 15 is 0 Å². The lowest BCUT2D eigenvalue weighted by atomic mass is 9.82. The van der Waals surface area contributed by atoms with Gasteiger partial charge in [-0.25, -0.2) is 0 Å². The molecule has 0 aliphatic heterocycles. The van der Waals surface area contributed by atoms with Gasteiger partial charge in [0.25, 0.3) is 0 Å². The lowest BCUT2D eigenvalue weighted by Gasteiger charge is -2.23. The minimum Gasteiger partial charge on any atom is -0.356 e. The fourth-order valence-electron chi connectivity index (χ4n) is 6.45. The normalized spacial score (nSPS) is 17.8. The average Bonchev–Trinajstić information content (AvgIpc) is 3.31. The fraction of sp³-hybridized carbons (Fsp3) is 0.438. The van der Waals surface area contributed by atoms with Gasteiger partial charge in [-0.2, -0.15) is 5.10 Å². The molecular weight excluding hydrogens is 426 g/mol. The van der Waals surface area contributed by atoms with Crippen LogP contribution in [-0.4, -0.2) is 15.2 Å². The summed E-state index contributed by atoms with van der Waals surface area (Å²) in [5, 5.41) is 11.3. The number of rotatable bonds is 4. The predicted molar refractivity (Wildman–Crippen MR) is 146 cm³/mol. The van der Waals surface area contributed by atoms with Gasteiger partial charge in [-0.05, 0) is 51.0 Å². The molecule has 2 aromatic heterocycles. The monoisotopic (exact) mass is 463 g/mol. The second kappa shape index (κ2) is 9.60. The largest absolute Gasteiger partial charge is 0.356 e. The molecule has 2 fully saturated rings. The Labute approximate surface area is 209 Å². The van der Waals surface area contributed by atoms with E-state index in [0.717, 1.165) is 11.3 Å². The van der Waals surface area contributed by atoms with Crippen LogP contribution < -0.4 is 0 Å². The quantitative estimate of drug-likeness (QED) is 0.328. The van der Waals surface area contributed by atoms with Crippen molar-refractivity contribution in [3.63, 3.8) is 0 Å². The molecule has 2 aliphatic rings. The molecule has 180 valence electrons. The second-order valence-corrected chi connectivity index (χ2v) is 11.0. The molecule has 0 amide bonds. The van der Waals surface area contributed by atoms with Crippen LogP contribution in [0.15, 0.2) is 48.5 Å². The maximum Gasteiger partial charge on any atom is 0.117 e. The fourth-order valence-corrected chi connectivity index (χ4v) is 6.45. The molecule has 0 radical (unpaired) electrons. The molecule has 1 N–H and O–H groups in total. The van der Waals surface area contributed by atoms with Gasteiger partial charge in [0.15, 0.2) is 0 Å². The summed E-state index contributed by atoms with van der Waals surface area (Å²) in [7, 11) is 0. The van der Waals surface area contributed by atoms with Crippen molar-refractivity contribution in [2.75, 3.05) is 0 Å². The van der Waals surface area contributed by atoms with Gasteiger partial charge < -0.3 is 4.98 Å². The second-order valence-electron chi connectivity index (χ2n) is 11.0. The summed E-state index contributed by atoms with van der Waals surface area (Å²) in [6.07, 6.45) is 12.9. The first-order valence-corrected chi connectivity index (χ1v) is 13.8. The number of nitrogens with one attached hydrogen (secondary N) is 1. The van der Waals surface area contributed by atoms with Gasteiger partial charge in [0.1, 0.15) is 5.69 Å². The molecule has 2 heterocycles. The number of hydrogen-bond donors (Lipinski definition) is 1. The van der Waals surface area contributed by atoms with Gasteiger partial charge in [0.2, 0.25) is 0 Å². The zero-order valence-electron chi connectivity index (χ0n) is 21.2. The van der Waals surface area contributed by atoms with E-state index in [1.807, 2.05) is 0 Å². The molecule has 3 heteroatoms. The number of fused-ring (bicyclic) bond motifs is 1. The molecular formula is C32H37N3. The molecule has 0 bridgehead atoms. The minimum absolute atomic E-state index is 0.505. The van der Waals surface area contributed by atoms with Gasteiger partial charge >= 0.3 is 0 Å². The number of benzene rings is 2. The molecule has 2 saturated carbocycles. The van der Waals surface area contributed by atoms with Crippen LogP contribution in [0.25, 0.3) is 33.3 Å². The number of aromatic nitrogens is 3. The molecule has 3 nitrogen and oxygen atoms in total. The Bertz CT molecular complexity index is 1300. The summed E-state index contributed by atoms with van der Waals surface area (Å²) in [5.41, 5.74) is 11.3. The number of hydrogen-bond acceptors (Lipinski definition) is 2. The third-order valence-electron chi connectivity index (χ3n) is 8.45. The zero-order valence-corrected chi connectivity index (χ0v) is 21.2. The Kier molecular flexibility index (Phi) is 6.18. The molecule has 6 rings (SSSR count). The highest BCUT2D eigenvalue weighted by Crippen LogP contribution is 2.46. The average molecular weight is 464 g/mol. The topological polar surface area (TPSA) is 41.6 Å². The van der Waals surface area contributed by atoms with Crippen molar-refractivity contribution in [3.8, 4) is 22.4 Å². The molecule has 0 unspecified atom stereocenters. The van der Waals surface area contributed by atoms with E-state index in [0.29, 0.717) is 11.8 Å².